The second kappa shape index (κ2) is 9.87. The Morgan fingerprint density at radius 2 is 1.61 bits per heavy atom. The van der Waals surface area contributed by atoms with E-state index in [1.54, 1.807) is 29.2 Å². The average molecular weight is 476 g/mol. The van der Waals surface area contributed by atoms with Crippen molar-refractivity contribution in [3.8, 4) is 0 Å². The summed E-state index contributed by atoms with van der Waals surface area (Å²) in [5.74, 6) is -2.31. The molecule has 0 unspecified atom stereocenters. The number of nitrogens with zero attached hydrogens (tertiary/aromatic N) is 2. The van der Waals surface area contributed by atoms with Crippen molar-refractivity contribution in [2.75, 3.05) is 13.1 Å². The number of benzene rings is 2. The van der Waals surface area contributed by atoms with Crippen molar-refractivity contribution in [1.29, 1.82) is 0 Å². The zero-order valence-corrected chi connectivity index (χ0v) is 18.7. The summed E-state index contributed by atoms with van der Waals surface area (Å²) in [6.45, 7) is 0.780. The molecule has 2 heterocycles. The first-order valence-electron chi connectivity index (χ1n) is 10.9. The van der Waals surface area contributed by atoms with Crippen molar-refractivity contribution in [2.45, 2.75) is 44.3 Å². The molecule has 4 rings (SSSR count). The van der Waals surface area contributed by atoms with Crippen LogP contribution in [0.2, 0.25) is 5.02 Å². The summed E-state index contributed by atoms with van der Waals surface area (Å²) in [5, 5.41) is 3.17. The Balaban J connectivity index is 1.42. The minimum Gasteiger partial charge on any atom is -0.350 e. The molecule has 2 aromatic carbocycles. The van der Waals surface area contributed by atoms with Crippen LogP contribution in [0.15, 0.2) is 42.5 Å². The standard InChI is InChI=1S/C24H24ClF2N3O3/c25-17-8-5-15(6-9-17)23(32)30-12-2-4-21(30)24(33)29-11-1-3-20(29)22(31)28-14-16-7-10-18(26)13-19(16)27/h5-10,13,20-21H,1-4,11-12,14H2,(H,28,31)/t20-,21-/m0/s1. The summed E-state index contributed by atoms with van der Waals surface area (Å²) >= 11 is 5.91. The molecule has 1 N–H and O–H groups in total. The van der Waals surface area contributed by atoms with Gasteiger partial charge in [0, 0.05) is 41.9 Å². The molecule has 9 heteroatoms. The quantitative estimate of drug-likeness (QED) is 0.719. The largest absolute Gasteiger partial charge is 0.350 e. The van der Waals surface area contributed by atoms with Gasteiger partial charge < -0.3 is 15.1 Å². The van der Waals surface area contributed by atoms with Gasteiger partial charge in [-0.1, -0.05) is 17.7 Å². The van der Waals surface area contributed by atoms with E-state index in [9.17, 15) is 23.2 Å². The van der Waals surface area contributed by atoms with Crippen LogP contribution in [-0.4, -0.2) is 52.7 Å². The fourth-order valence-corrected chi connectivity index (χ4v) is 4.61. The molecule has 174 valence electrons. The van der Waals surface area contributed by atoms with Crippen LogP contribution >= 0.6 is 11.6 Å². The van der Waals surface area contributed by atoms with E-state index >= 15 is 0 Å². The lowest BCUT2D eigenvalue weighted by Gasteiger charge is -2.31. The highest BCUT2D eigenvalue weighted by atomic mass is 35.5. The van der Waals surface area contributed by atoms with E-state index in [2.05, 4.69) is 5.32 Å². The number of carbonyl (C=O) groups is 3. The maximum Gasteiger partial charge on any atom is 0.254 e. The first-order chi connectivity index (χ1) is 15.8. The van der Waals surface area contributed by atoms with Crippen LogP contribution in [0.5, 0.6) is 0 Å². The van der Waals surface area contributed by atoms with Crippen LogP contribution in [0.25, 0.3) is 0 Å². The van der Waals surface area contributed by atoms with Gasteiger partial charge in [0.2, 0.25) is 11.8 Å². The van der Waals surface area contributed by atoms with Crippen LogP contribution in [0.1, 0.15) is 41.6 Å². The van der Waals surface area contributed by atoms with E-state index in [1.807, 2.05) is 0 Å². The smallest absolute Gasteiger partial charge is 0.254 e. The van der Waals surface area contributed by atoms with Crippen molar-refractivity contribution < 1.29 is 23.2 Å². The molecular formula is C24H24ClF2N3O3. The van der Waals surface area contributed by atoms with Crippen LogP contribution in [0.3, 0.4) is 0 Å². The second-order valence-electron chi connectivity index (χ2n) is 8.31. The first kappa shape index (κ1) is 23.2. The SMILES string of the molecule is O=C(NCc1ccc(F)cc1F)[C@@H]1CCCN1C(=O)[C@@H]1CCCN1C(=O)c1ccc(Cl)cc1. The van der Waals surface area contributed by atoms with Gasteiger partial charge in [-0.15, -0.1) is 0 Å². The molecule has 2 aromatic rings. The van der Waals surface area contributed by atoms with Crippen molar-refractivity contribution in [2.24, 2.45) is 0 Å². The lowest BCUT2D eigenvalue weighted by molar-refractivity contribution is -0.141. The third-order valence-electron chi connectivity index (χ3n) is 6.20. The predicted octanol–water partition coefficient (Wildman–Crippen LogP) is 3.53. The fraction of sp³-hybridized carbons (Fsp3) is 0.375. The molecule has 0 aromatic heterocycles. The molecule has 2 saturated heterocycles. The van der Waals surface area contributed by atoms with Gasteiger partial charge in [0.25, 0.3) is 5.91 Å². The molecule has 3 amide bonds. The predicted molar refractivity (Wildman–Crippen MR) is 118 cm³/mol. The summed E-state index contributed by atoms with van der Waals surface area (Å²) in [5.41, 5.74) is 0.618. The van der Waals surface area contributed by atoms with Gasteiger partial charge in [-0.3, -0.25) is 14.4 Å². The average Bonchev–Trinajstić information content (AvgIpc) is 3.48. The number of nitrogens with one attached hydrogen (secondary N) is 1. The molecule has 6 nitrogen and oxygen atoms in total. The summed E-state index contributed by atoms with van der Waals surface area (Å²) in [4.78, 5) is 42.2. The Labute approximate surface area is 195 Å². The number of likely N-dealkylation sites (tertiary alicyclic amines) is 2. The molecule has 0 saturated carbocycles. The van der Waals surface area contributed by atoms with E-state index in [1.165, 1.54) is 11.0 Å². The highest BCUT2D eigenvalue weighted by Gasteiger charge is 2.42. The molecule has 0 radical (unpaired) electrons. The van der Waals surface area contributed by atoms with E-state index in [0.29, 0.717) is 49.4 Å². The molecule has 2 aliphatic heterocycles. The Kier molecular flexibility index (Phi) is 6.93. The van der Waals surface area contributed by atoms with Crippen molar-refractivity contribution in [3.63, 3.8) is 0 Å². The third kappa shape index (κ3) is 5.00. The van der Waals surface area contributed by atoms with E-state index in [4.69, 9.17) is 11.6 Å². The van der Waals surface area contributed by atoms with Gasteiger partial charge >= 0.3 is 0 Å². The van der Waals surface area contributed by atoms with Gasteiger partial charge in [0.15, 0.2) is 0 Å². The van der Waals surface area contributed by atoms with E-state index in [-0.39, 0.29) is 23.9 Å². The Hall–Kier alpha value is -3.00. The van der Waals surface area contributed by atoms with Crippen LogP contribution < -0.4 is 5.32 Å². The summed E-state index contributed by atoms with van der Waals surface area (Å²) < 4.78 is 27.0. The minimum absolute atomic E-state index is 0.103. The number of rotatable bonds is 5. The number of hydrogen-bond acceptors (Lipinski definition) is 3. The molecular weight excluding hydrogens is 452 g/mol. The van der Waals surface area contributed by atoms with Crippen LogP contribution in [0, 0.1) is 11.6 Å². The minimum atomic E-state index is -0.739. The van der Waals surface area contributed by atoms with E-state index in [0.717, 1.165) is 12.1 Å². The van der Waals surface area contributed by atoms with Crippen molar-refractivity contribution in [3.05, 3.63) is 70.2 Å². The van der Waals surface area contributed by atoms with Gasteiger partial charge in [0.05, 0.1) is 0 Å². The summed E-state index contributed by atoms with van der Waals surface area (Å²) in [6, 6.07) is 8.38. The molecule has 2 fully saturated rings. The Morgan fingerprint density at radius 3 is 2.30 bits per heavy atom. The van der Waals surface area contributed by atoms with Gasteiger partial charge in [-0.25, -0.2) is 8.78 Å². The topological polar surface area (TPSA) is 69.7 Å². The monoisotopic (exact) mass is 475 g/mol. The Bertz CT molecular complexity index is 1060. The zero-order valence-electron chi connectivity index (χ0n) is 17.9. The maximum atomic E-state index is 13.9. The summed E-state index contributed by atoms with van der Waals surface area (Å²) in [7, 11) is 0. The fourth-order valence-electron chi connectivity index (χ4n) is 4.48. The lowest BCUT2D eigenvalue weighted by atomic mass is 10.1. The maximum absolute atomic E-state index is 13.9. The van der Waals surface area contributed by atoms with Gasteiger partial charge in [-0.05, 0) is 56.0 Å². The molecule has 33 heavy (non-hydrogen) atoms. The normalized spacial score (nSPS) is 20.2. The molecule has 2 aliphatic rings. The zero-order chi connectivity index (χ0) is 23.5. The number of halogens is 3. The highest BCUT2D eigenvalue weighted by molar-refractivity contribution is 6.30. The van der Waals surface area contributed by atoms with Crippen molar-refractivity contribution >= 4 is 29.3 Å². The summed E-state index contributed by atoms with van der Waals surface area (Å²) in [6.07, 6.45) is 2.38. The second-order valence-corrected chi connectivity index (χ2v) is 8.74. The third-order valence-corrected chi connectivity index (χ3v) is 6.45. The van der Waals surface area contributed by atoms with Crippen LogP contribution in [-0.2, 0) is 16.1 Å². The first-order valence-corrected chi connectivity index (χ1v) is 11.3. The molecule has 2 atom stereocenters. The van der Waals surface area contributed by atoms with Gasteiger partial charge in [0.1, 0.15) is 23.7 Å². The molecule has 0 bridgehead atoms. The molecule has 0 aliphatic carbocycles. The number of carbonyl (C=O) groups excluding carboxylic acids is 3. The van der Waals surface area contributed by atoms with Crippen molar-refractivity contribution in [1.82, 2.24) is 15.1 Å². The number of amides is 3. The lowest BCUT2D eigenvalue weighted by Crippen LogP contribution is -2.52. The number of hydrogen-bond donors (Lipinski definition) is 1. The van der Waals surface area contributed by atoms with Crippen LogP contribution in [0.4, 0.5) is 8.78 Å². The van der Waals surface area contributed by atoms with E-state index < -0.39 is 29.6 Å². The molecule has 0 spiro atoms. The Morgan fingerprint density at radius 1 is 0.939 bits per heavy atom. The highest BCUT2D eigenvalue weighted by Crippen LogP contribution is 2.26. The van der Waals surface area contributed by atoms with Gasteiger partial charge in [-0.2, -0.15) is 0 Å².